The molecule has 0 fully saturated rings. The molecule has 43 heavy (non-hydrogen) atoms. The quantitative estimate of drug-likeness (QED) is 0.210. The third kappa shape index (κ3) is 3.93. The number of thiophene rings is 1. The van der Waals surface area contributed by atoms with E-state index in [1.807, 2.05) is 23.5 Å². The van der Waals surface area contributed by atoms with Crippen molar-refractivity contribution in [2.24, 2.45) is 0 Å². The first-order chi connectivity index (χ1) is 21.3. The van der Waals surface area contributed by atoms with E-state index in [2.05, 4.69) is 144 Å². The Morgan fingerprint density at radius 1 is 0.442 bits per heavy atom. The third-order valence-electron chi connectivity index (χ3n) is 8.43. The van der Waals surface area contributed by atoms with Gasteiger partial charge in [-0.15, -0.1) is 11.3 Å². The Bertz CT molecular complexity index is 2470. The lowest BCUT2D eigenvalue weighted by molar-refractivity contribution is 0.669. The summed E-state index contributed by atoms with van der Waals surface area (Å²) >= 11 is 1.85. The molecule has 0 atom stereocenters. The average molecular weight is 568 g/mol. The van der Waals surface area contributed by atoms with Gasteiger partial charge in [0.15, 0.2) is 0 Å². The molecule has 0 saturated carbocycles. The van der Waals surface area contributed by atoms with Crippen LogP contribution in [0.2, 0.25) is 0 Å². The zero-order chi connectivity index (χ0) is 28.3. The topological polar surface area (TPSA) is 16.4 Å². The van der Waals surface area contributed by atoms with Gasteiger partial charge in [-0.3, -0.25) is 0 Å². The van der Waals surface area contributed by atoms with Gasteiger partial charge in [-0.1, -0.05) is 97.1 Å². The molecule has 3 heteroatoms. The molecule has 2 nitrogen and oxygen atoms in total. The first kappa shape index (κ1) is 24.2. The van der Waals surface area contributed by atoms with Gasteiger partial charge in [0.05, 0.1) is 11.1 Å². The van der Waals surface area contributed by atoms with Gasteiger partial charge in [0.1, 0.15) is 11.2 Å². The van der Waals surface area contributed by atoms with Crippen LogP contribution in [0, 0.1) is 0 Å². The maximum atomic E-state index is 6.33. The van der Waals surface area contributed by atoms with Crippen LogP contribution in [0.4, 0.5) is 17.1 Å². The first-order valence-electron chi connectivity index (χ1n) is 14.5. The Morgan fingerprint density at radius 3 is 2.07 bits per heavy atom. The Labute approximate surface area is 252 Å². The molecule has 0 aliphatic carbocycles. The zero-order valence-corrected chi connectivity index (χ0v) is 24.0. The van der Waals surface area contributed by atoms with Gasteiger partial charge in [-0.05, 0) is 76.5 Å². The van der Waals surface area contributed by atoms with E-state index in [1.165, 1.54) is 42.1 Å². The number of rotatable bonds is 4. The van der Waals surface area contributed by atoms with Crippen LogP contribution in [0.15, 0.2) is 156 Å². The summed E-state index contributed by atoms with van der Waals surface area (Å²) in [5.74, 6) is 0. The molecular formula is C40H25NOS. The van der Waals surface area contributed by atoms with Crippen molar-refractivity contribution < 1.29 is 4.42 Å². The van der Waals surface area contributed by atoms with E-state index >= 15 is 0 Å². The lowest BCUT2D eigenvalue weighted by Gasteiger charge is -2.26. The van der Waals surface area contributed by atoms with Crippen molar-refractivity contribution in [3.63, 3.8) is 0 Å². The van der Waals surface area contributed by atoms with Crippen LogP contribution in [0.5, 0.6) is 0 Å². The second-order valence-electron chi connectivity index (χ2n) is 11.0. The molecule has 0 amide bonds. The monoisotopic (exact) mass is 567 g/mol. The maximum absolute atomic E-state index is 6.33. The van der Waals surface area contributed by atoms with Crippen LogP contribution in [0.25, 0.3) is 64.0 Å². The average Bonchev–Trinajstić information content (AvgIpc) is 3.63. The highest BCUT2D eigenvalue weighted by Crippen LogP contribution is 2.45. The molecule has 2 aromatic heterocycles. The molecule has 7 aromatic carbocycles. The van der Waals surface area contributed by atoms with Gasteiger partial charge in [-0.25, -0.2) is 0 Å². The lowest BCUT2D eigenvalue weighted by atomic mass is 10.0. The van der Waals surface area contributed by atoms with E-state index < -0.39 is 0 Å². The minimum Gasteiger partial charge on any atom is -0.456 e. The lowest BCUT2D eigenvalue weighted by Crippen LogP contribution is -2.10. The molecule has 0 saturated heterocycles. The van der Waals surface area contributed by atoms with E-state index in [9.17, 15) is 0 Å². The fraction of sp³-hybridized carbons (Fsp3) is 0. The van der Waals surface area contributed by atoms with Crippen LogP contribution in [0.3, 0.4) is 0 Å². The maximum Gasteiger partial charge on any atom is 0.137 e. The van der Waals surface area contributed by atoms with E-state index in [-0.39, 0.29) is 0 Å². The standard InChI is InChI=1S/C40H25NOS/c1-2-9-26(10-3-1)27-17-18-29-24-30(20-19-28(29)23-27)41(31-21-22-33-32-11-5-7-16-38(32)43-39(33)25-31)35-13-8-15-37-40(35)34-12-4-6-14-36(34)42-37/h1-25H. The highest BCUT2D eigenvalue weighted by Gasteiger charge is 2.20. The van der Waals surface area contributed by atoms with Crippen LogP contribution in [-0.2, 0) is 0 Å². The minimum absolute atomic E-state index is 0.889. The number of fused-ring (bicyclic) bond motifs is 7. The molecule has 0 N–H and O–H groups in total. The van der Waals surface area contributed by atoms with Crippen molar-refractivity contribution in [1.29, 1.82) is 0 Å². The van der Waals surface area contributed by atoms with Gasteiger partial charge in [0, 0.05) is 36.9 Å². The number of benzene rings is 7. The summed E-state index contributed by atoms with van der Waals surface area (Å²) in [5, 5.41) is 7.27. The van der Waals surface area contributed by atoms with Crippen molar-refractivity contribution in [3.05, 3.63) is 152 Å². The summed E-state index contributed by atoms with van der Waals surface area (Å²) in [5.41, 5.74) is 7.57. The first-order valence-corrected chi connectivity index (χ1v) is 15.3. The number of anilines is 3. The predicted molar refractivity (Wildman–Crippen MR) is 184 cm³/mol. The Kier molecular flexibility index (Phi) is 5.40. The van der Waals surface area contributed by atoms with Gasteiger partial charge in [-0.2, -0.15) is 0 Å². The van der Waals surface area contributed by atoms with Gasteiger partial charge >= 0.3 is 0 Å². The van der Waals surface area contributed by atoms with Crippen molar-refractivity contribution in [2.75, 3.05) is 4.90 Å². The van der Waals surface area contributed by atoms with Gasteiger partial charge < -0.3 is 9.32 Å². The van der Waals surface area contributed by atoms with E-state index in [4.69, 9.17) is 4.42 Å². The number of para-hydroxylation sites is 1. The van der Waals surface area contributed by atoms with Crippen LogP contribution < -0.4 is 4.90 Å². The van der Waals surface area contributed by atoms with Gasteiger partial charge in [0.2, 0.25) is 0 Å². The van der Waals surface area contributed by atoms with Crippen LogP contribution >= 0.6 is 11.3 Å². The van der Waals surface area contributed by atoms with E-state index in [1.54, 1.807) is 0 Å². The second kappa shape index (κ2) is 9.59. The Morgan fingerprint density at radius 2 is 1.14 bits per heavy atom. The zero-order valence-electron chi connectivity index (χ0n) is 23.2. The van der Waals surface area contributed by atoms with Crippen LogP contribution in [0.1, 0.15) is 0 Å². The summed E-state index contributed by atoms with van der Waals surface area (Å²) in [7, 11) is 0. The molecule has 202 valence electrons. The minimum atomic E-state index is 0.889. The van der Waals surface area contributed by atoms with Crippen molar-refractivity contribution in [2.45, 2.75) is 0 Å². The Hall–Kier alpha value is -5.38. The summed E-state index contributed by atoms with van der Waals surface area (Å²) in [6.45, 7) is 0. The number of nitrogens with zero attached hydrogens (tertiary/aromatic N) is 1. The molecule has 9 rings (SSSR count). The van der Waals surface area contributed by atoms with Crippen molar-refractivity contribution >= 4 is 81.3 Å². The molecule has 0 spiro atoms. The SMILES string of the molecule is c1ccc(-c2ccc3cc(N(c4ccc5c(c4)sc4ccccc45)c4cccc5oc6ccccc6c45)ccc3c2)cc1. The summed E-state index contributed by atoms with van der Waals surface area (Å²) in [6.07, 6.45) is 0. The molecule has 0 unspecified atom stereocenters. The van der Waals surface area contributed by atoms with E-state index in [0.29, 0.717) is 0 Å². The van der Waals surface area contributed by atoms with Gasteiger partial charge in [0.25, 0.3) is 0 Å². The molecule has 0 aliphatic rings. The molecule has 0 radical (unpaired) electrons. The summed E-state index contributed by atoms with van der Waals surface area (Å²) in [6, 6.07) is 54.3. The smallest absolute Gasteiger partial charge is 0.137 e. The molecule has 0 aliphatic heterocycles. The Balaban J connectivity index is 1.28. The van der Waals surface area contributed by atoms with Crippen molar-refractivity contribution in [1.82, 2.24) is 0 Å². The fourth-order valence-electron chi connectivity index (χ4n) is 6.41. The summed E-state index contributed by atoms with van der Waals surface area (Å²) < 4.78 is 8.91. The fourth-order valence-corrected chi connectivity index (χ4v) is 7.54. The third-order valence-corrected chi connectivity index (χ3v) is 9.56. The highest BCUT2D eigenvalue weighted by atomic mass is 32.1. The summed E-state index contributed by atoms with van der Waals surface area (Å²) in [4.78, 5) is 2.39. The largest absolute Gasteiger partial charge is 0.456 e. The molecular weight excluding hydrogens is 543 g/mol. The molecule has 9 aromatic rings. The van der Waals surface area contributed by atoms with Crippen molar-refractivity contribution in [3.8, 4) is 11.1 Å². The predicted octanol–water partition coefficient (Wildman–Crippen LogP) is 12.2. The van der Waals surface area contributed by atoms with Crippen LogP contribution in [-0.4, -0.2) is 0 Å². The normalized spacial score (nSPS) is 11.7. The van der Waals surface area contributed by atoms with E-state index in [0.717, 1.165) is 39.0 Å². The highest BCUT2D eigenvalue weighted by molar-refractivity contribution is 7.25. The number of furan rings is 1. The number of hydrogen-bond acceptors (Lipinski definition) is 3. The molecule has 2 heterocycles. The second-order valence-corrected chi connectivity index (χ2v) is 12.1. The number of hydrogen-bond donors (Lipinski definition) is 0. The molecule has 0 bridgehead atoms.